The van der Waals surface area contributed by atoms with Crippen molar-refractivity contribution in [2.24, 2.45) is 5.92 Å². The van der Waals surface area contributed by atoms with Gasteiger partial charge in [-0.05, 0) is 47.4 Å². The van der Waals surface area contributed by atoms with E-state index in [1.54, 1.807) is 24.3 Å². The minimum absolute atomic E-state index is 0.00174. The predicted octanol–water partition coefficient (Wildman–Crippen LogP) is 2.09. The molecular weight excluding hydrogens is 421 g/mol. The first kappa shape index (κ1) is 21.6. The van der Waals surface area contributed by atoms with Crippen LogP contribution in [0.4, 0.5) is 4.39 Å². The van der Waals surface area contributed by atoms with E-state index in [9.17, 15) is 14.0 Å². The molecule has 0 radical (unpaired) electrons. The van der Waals surface area contributed by atoms with Gasteiger partial charge in [0.1, 0.15) is 12.4 Å². The Bertz CT molecular complexity index is 1010. The lowest BCUT2D eigenvalue weighted by atomic mass is 9.93. The van der Waals surface area contributed by atoms with E-state index in [1.165, 1.54) is 17.9 Å². The summed E-state index contributed by atoms with van der Waals surface area (Å²) in [5.74, 6) is -0.371. The van der Waals surface area contributed by atoms with Gasteiger partial charge < -0.3 is 4.74 Å². The smallest absolute Gasteiger partial charge is 0.327 e. The maximum atomic E-state index is 14.6. The van der Waals surface area contributed by atoms with Gasteiger partial charge >= 0.3 is 5.97 Å². The van der Waals surface area contributed by atoms with Crippen LogP contribution in [0.5, 0.6) is 0 Å². The Morgan fingerprint density at radius 3 is 2.81 bits per heavy atom. The van der Waals surface area contributed by atoms with Gasteiger partial charge in [-0.3, -0.25) is 14.5 Å². The third kappa shape index (κ3) is 4.85. The molecule has 1 aromatic heterocycles. The van der Waals surface area contributed by atoms with Gasteiger partial charge in [-0.2, -0.15) is 12.6 Å². The third-order valence-electron chi connectivity index (χ3n) is 5.70. The van der Waals surface area contributed by atoms with E-state index in [4.69, 9.17) is 0 Å². The van der Waals surface area contributed by atoms with Crippen molar-refractivity contribution in [3.63, 3.8) is 0 Å². The number of Topliss-reactive ketones (excluding diaryl/α,β-unsaturated/α-hetero) is 1. The zero-order valence-corrected chi connectivity index (χ0v) is 18.0. The topological polar surface area (TPSA) is 90.2 Å². The van der Waals surface area contributed by atoms with Crippen LogP contribution in [0.25, 0.3) is 6.08 Å². The Morgan fingerprint density at radius 1 is 1.32 bits per heavy atom. The maximum Gasteiger partial charge on any atom is 0.327 e. The molecule has 2 heterocycles. The van der Waals surface area contributed by atoms with Gasteiger partial charge in [0.05, 0.1) is 13.2 Å². The number of methoxy groups -OCH3 is 1. The quantitative estimate of drug-likeness (QED) is 0.516. The highest BCUT2D eigenvalue weighted by Gasteiger charge is 2.40. The van der Waals surface area contributed by atoms with Gasteiger partial charge in [0.2, 0.25) is 0 Å². The maximum absolute atomic E-state index is 14.6. The number of hydrogen-bond donors (Lipinski definition) is 1. The van der Waals surface area contributed by atoms with Crippen LogP contribution < -0.4 is 0 Å². The molecule has 2 fully saturated rings. The minimum Gasteiger partial charge on any atom is -0.468 e. The molecule has 10 heteroatoms. The molecule has 31 heavy (non-hydrogen) atoms. The fourth-order valence-corrected chi connectivity index (χ4v) is 4.12. The van der Waals surface area contributed by atoms with E-state index in [-0.39, 0.29) is 29.3 Å². The average molecular weight is 446 g/mol. The molecule has 1 saturated carbocycles. The molecule has 1 aliphatic heterocycles. The fourth-order valence-electron chi connectivity index (χ4n) is 3.85. The molecule has 1 aliphatic carbocycles. The summed E-state index contributed by atoms with van der Waals surface area (Å²) >= 11 is 4.69. The van der Waals surface area contributed by atoms with Crippen LogP contribution in [0.2, 0.25) is 0 Å². The average Bonchev–Trinajstić information content (AvgIpc) is 3.53. The van der Waals surface area contributed by atoms with Gasteiger partial charge in [-0.25, -0.2) is 9.07 Å². The standard InChI is InChI=1S/C21H24FN5O3S/c1-30-19(28)12-27-18(23-24-25-27)10-14-11-26(9-8-17(14)31)20(21(29)13-6-7-13)15-4-2-3-5-16(15)22/h2-5,10,13,17,20,31H,6-9,11-12H2,1H3/b14-10-. The van der Waals surface area contributed by atoms with Crippen LogP contribution in [0.15, 0.2) is 29.8 Å². The van der Waals surface area contributed by atoms with Gasteiger partial charge in [0, 0.05) is 29.8 Å². The number of ketones is 1. The third-order valence-corrected chi connectivity index (χ3v) is 6.29. The molecule has 8 nitrogen and oxygen atoms in total. The van der Waals surface area contributed by atoms with Gasteiger partial charge in [0.25, 0.3) is 0 Å². The number of piperidine rings is 1. The molecule has 2 aliphatic rings. The fraction of sp³-hybridized carbons (Fsp3) is 0.476. The first-order valence-electron chi connectivity index (χ1n) is 10.2. The molecule has 1 saturated heterocycles. The number of esters is 1. The second-order valence-corrected chi connectivity index (χ2v) is 8.49. The first-order valence-corrected chi connectivity index (χ1v) is 10.7. The molecule has 4 rings (SSSR count). The van der Waals surface area contributed by atoms with Crippen molar-refractivity contribution in [2.75, 3.05) is 20.2 Å². The van der Waals surface area contributed by atoms with Crippen molar-refractivity contribution in [3.05, 3.63) is 47.0 Å². The number of likely N-dealkylation sites (tertiary alicyclic amines) is 1. The number of carbonyl (C=O) groups is 2. The van der Waals surface area contributed by atoms with Crippen LogP contribution in [0.1, 0.15) is 36.7 Å². The Labute approximate surface area is 184 Å². The van der Waals surface area contributed by atoms with Crippen LogP contribution in [0, 0.1) is 11.7 Å². The lowest BCUT2D eigenvalue weighted by Gasteiger charge is -2.37. The minimum atomic E-state index is -0.635. The Balaban J connectivity index is 1.62. The van der Waals surface area contributed by atoms with Crippen molar-refractivity contribution in [3.8, 4) is 0 Å². The summed E-state index contributed by atoms with van der Waals surface area (Å²) in [6, 6.07) is 5.83. The molecule has 1 aromatic carbocycles. The van der Waals surface area contributed by atoms with E-state index in [2.05, 4.69) is 32.9 Å². The largest absolute Gasteiger partial charge is 0.468 e. The summed E-state index contributed by atoms with van der Waals surface area (Å²) < 4.78 is 20.7. The zero-order chi connectivity index (χ0) is 22.0. The molecule has 2 atom stereocenters. The summed E-state index contributed by atoms with van der Waals surface area (Å²) in [5.41, 5.74) is 1.31. The monoisotopic (exact) mass is 445 g/mol. The highest BCUT2D eigenvalue weighted by Crippen LogP contribution is 2.39. The second kappa shape index (κ2) is 9.27. The zero-order valence-electron chi connectivity index (χ0n) is 17.1. The van der Waals surface area contributed by atoms with E-state index >= 15 is 0 Å². The van der Waals surface area contributed by atoms with E-state index in [0.717, 1.165) is 18.4 Å². The van der Waals surface area contributed by atoms with Gasteiger partial charge in [-0.1, -0.05) is 18.2 Å². The van der Waals surface area contributed by atoms with Crippen molar-refractivity contribution >= 4 is 30.5 Å². The second-order valence-electron chi connectivity index (χ2n) is 7.87. The summed E-state index contributed by atoms with van der Waals surface area (Å²) in [6.45, 7) is 0.939. The SMILES string of the molecule is COC(=O)Cn1nnnc1/C=C1/CN(C(C(=O)C2CC2)c2ccccc2F)CCC1S. The number of ether oxygens (including phenoxy) is 1. The normalized spacial score (nSPS) is 21.8. The molecule has 0 spiro atoms. The summed E-state index contributed by atoms with van der Waals surface area (Å²) in [7, 11) is 1.30. The Hall–Kier alpha value is -2.59. The molecule has 164 valence electrons. The van der Waals surface area contributed by atoms with Crippen molar-refractivity contribution in [1.29, 1.82) is 0 Å². The number of rotatable bonds is 7. The lowest BCUT2D eigenvalue weighted by molar-refractivity contribution is -0.141. The Morgan fingerprint density at radius 2 is 2.10 bits per heavy atom. The number of thiol groups is 1. The molecule has 0 bridgehead atoms. The van der Waals surface area contributed by atoms with E-state index < -0.39 is 12.0 Å². The number of tetrazole rings is 1. The Kier molecular flexibility index (Phi) is 6.47. The number of nitrogens with zero attached hydrogens (tertiary/aromatic N) is 5. The summed E-state index contributed by atoms with van der Waals surface area (Å²) in [6.07, 6.45) is 4.19. The predicted molar refractivity (Wildman–Crippen MR) is 114 cm³/mol. The number of hydrogen-bond acceptors (Lipinski definition) is 8. The van der Waals surface area contributed by atoms with Crippen molar-refractivity contribution < 1.29 is 18.7 Å². The highest BCUT2D eigenvalue weighted by molar-refractivity contribution is 7.81. The number of carbonyl (C=O) groups excluding carboxylic acids is 2. The van der Waals surface area contributed by atoms with Crippen LogP contribution >= 0.6 is 12.6 Å². The van der Waals surface area contributed by atoms with Gasteiger partial charge in [-0.15, -0.1) is 5.10 Å². The number of halogens is 1. The number of aromatic nitrogens is 4. The highest BCUT2D eigenvalue weighted by atomic mass is 32.1. The summed E-state index contributed by atoms with van der Waals surface area (Å²) in [4.78, 5) is 26.7. The van der Waals surface area contributed by atoms with Crippen LogP contribution in [-0.4, -0.2) is 62.3 Å². The first-order chi connectivity index (χ1) is 15.0. The molecular formula is C21H24FN5O3S. The lowest BCUT2D eigenvalue weighted by Crippen LogP contribution is -2.42. The van der Waals surface area contributed by atoms with E-state index in [0.29, 0.717) is 30.9 Å². The van der Waals surface area contributed by atoms with Crippen LogP contribution in [-0.2, 0) is 20.9 Å². The van der Waals surface area contributed by atoms with Crippen molar-refractivity contribution in [1.82, 2.24) is 25.1 Å². The van der Waals surface area contributed by atoms with Crippen LogP contribution in [0.3, 0.4) is 0 Å². The van der Waals surface area contributed by atoms with Gasteiger partial charge in [0.15, 0.2) is 11.6 Å². The molecule has 0 N–H and O–H groups in total. The molecule has 2 unspecified atom stereocenters. The molecule has 2 aromatic rings. The van der Waals surface area contributed by atoms with E-state index in [1.807, 2.05) is 4.90 Å². The van der Waals surface area contributed by atoms with Crippen molar-refractivity contribution in [2.45, 2.75) is 37.1 Å². The molecule has 0 amide bonds. The summed E-state index contributed by atoms with van der Waals surface area (Å²) in [5, 5.41) is 11.4. The number of benzene rings is 1.